The zero-order valence-electron chi connectivity index (χ0n) is 21.5. The van der Waals surface area contributed by atoms with Crippen molar-refractivity contribution in [2.24, 2.45) is 0 Å². The molecule has 0 aliphatic heterocycles. The van der Waals surface area contributed by atoms with E-state index in [1.165, 1.54) is 19.3 Å². The second-order valence-electron chi connectivity index (χ2n) is 10.0. The largest absolute Gasteiger partial charge is 0.508 e. The van der Waals surface area contributed by atoms with Crippen molar-refractivity contribution in [2.75, 3.05) is 5.43 Å². The van der Waals surface area contributed by atoms with E-state index in [0.717, 1.165) is 30.6 Å². The predicted molar refractivity (Wildman–Crippen MR) is 142 cm³/mol. The number of anilines is 1. The van der Waals surface area contributed by atoms with Gasteiger partial charge >= 0.3 is 0 Å². The summed E-state index contributed by atoms with van der Waals surface area (Å²) < 4.78 is 6.45. The first-order chi connectivity index (χ1) is 16.6. The number of phenols is 1. The van der Waals surface area contributed by atoms with Crippen LogP contribution in [-0.2, 0) is 10.2 Å². The van der Waals surface area contributed by atoms with Crippen LogP contribution < -0.4 is 10.2 Å². The number of aromatic hydroxyl groups is 1. The summed E-state index contributed by atoms with van der Waals surface area (Å²) in [4.78, 5) is 12.6. The molecule has 0 heterocycles. The van der Waals surface area contributed by atoms with Crippen LogP contribution in [0.4, 0.5) is 5.69 Å². The van der Waals surface area contributed by atoms with Crippen molar-refractivity contribution in [3.05, 3.63) is 54.1 Å². The Morgan fingerprint density at radius 3 is 2.37 bits per heavy atom. The van der Waals surface area contributed by atoms with Crippen LogP contribution in [0.1, 0.15) is 84.6 Å². The fourth-order valence-corrected chi connectivity index (χ4v) is 4.12. The number of benzene rings is 2. The highest BCUT2D eigenvalue weighted by molar-refractivity contribution is 6.30. The lowest BCUT2D eigenvalue weighted by molar-refractivity contribution is -0.159. The molecule has 0 aliphatic carbocycles. The van der Waals surface area contributed by atoms with Crippen molar-refractivity contribution in [3.63, 3.8) is 0 Å². The SMILES string of the molecule is CCCCCCCC(CCC(Cl)C(=O)N(O)Nc1ccccc1)Oc1ccc(O)cc1C(C)(C)C. The second kappa shape index (κ2) is 14.2. The second-order valence-corrected chi connectivity index (χ2v) is 10.6. The summed E-state index contributed by atoms with van der Waals surface area (Å²) in [6.45, 7) is 8.44. The van der Waals surface area contributed by atoms with E-state index in [0.29, 0.717) is 23.7 Å². The van der Waals surface area contributed by atoms with Crippen LogP contribution in [0.5, 0.6) is 11.5 Å². The van der Waals surface area contributed by atoms with Gasteiger partial charge in [0.2, 0.25) is 0 Å². The Bertz CT molecular complexity index is 902. The lowest BCUT2D eigenvalue weighted by atomic mass is 9.86. The molecule has 0 bridgehead atoms. The van der Waals surface area contributed by atoms with Crippen molar-refractivity contribution in [1.82, 2.24) is 5.17 Å². The average molecular weight is 505 g/mol. The fourth-order valence-electron chi connectivity index (χ4n) is 3.90. The zero-order chi connectivity index (χ0) is 25.8. The molecule has 6 nitrogen and oxygen atoms in total. The summed E-state index contributed by atoms with van der Waals surface area (Å²) in [7, 11) is 0. The molecule has 0 aromatic heterocycles. The monoisotopic (exact) mass is 504 g/mol. The third-order valence-corrected chi connectivity index (χ3v) is 6.33. The van der Waals surface area contributed by atoms with E-state index in [2.05, 4.69) is 33.1 Å². The number of hydrogen-bond acceptors (Lipinski definition) is 5. The number of hydroxylamine groups is 1. The first kappa shape index (κ1) is 28.8. The minimum absolute atomic E-state index is 0.134. The Balaban J connectivity index is 2.04. The molecule has 0 saturated carbocycles. The van der Waals surface area contributed by atoms with Gasteiger partial charge in [-0.1, -0.05) is 71.6 Å². The summed E-state index contributed by atoms with van der Waals surface area (Å²) in [6.07, 6.45) is 7.39. The number of hydrogen-bond donors (Lipinski definition) is 3. The van der Waals surface area contributed by atoms with E-state index in [-0.39, 0.29) is 17.3 Å². The summed E-state index contributed by atoms with van der Waals surface area (Å²) in [5, 5.41) is 19.7. The molecule has 0 saturated heterocycles. The summed E-state index contributed by atoms with van der Waals surface area (Å²) >= 11 is 6.39. The van der Waals surface area contributed by atoms with Crippen LogP contribution >= 0.6 is 11.6 Å². The number of alkyl halides is 1. The number of halogens is 1. The van der Waals surface area contributed by atoms with Gasteiger partial charge in [-0.25, -0.2) is 0 Å². The van der Waals surface area contributed by atoms with Gasteiger partial charge in [-0.2, -0.15) is 0 Å². The fraction of sp³-hybridized carbons (Fsp3) is 0.536. The number of nitrogens with zero attached hydrogens (tertiary/aromatic N) is 1. The van der Waals surface area contributed by atoms with Gasteiger partial charge < -0.3 is 9.84 Å². The smallest absolute Gasteiger partial charge is 0.284 e. The molecular formula is C28H41ClN2O4. The van der Waals surface area contributed by atoms with E-state index in [1.807, 2.05) is 12.1 Å². The van der Waals surface area contributed by atoms with Gasteiger partial charge in [0.25, 0.3) is 5.91 Å². The Morgan fingerprint density at radius 1 is 1.03 bits per heavy atom. The third-order valence-electron chi connectivity index (χ3n) is 5.92. The summed E-state index contributed by atoms with van der Waals surface area (Å²) in [5.74, 6) is 0.330. The number of ether oxygens (including phenoxy) is 1. The molecule has 2 atom stereocenters. The van der Waals surface area contributed by atoms with E-state index in [4.69, 9.17) is 16.3 Å². The molecule has 35 heavy (non-hydrogen) atoms. The molecule has 0 spiro atoms. The average Bonchev–Trinajstić information content (AvgIpc) is 2.82. The highest BCUT2D eigenvalue weighted by Crippen LogP contribution is 2.35. The zero-order valence-corrected chi connectivity index (χ0v) is 22.2. The molecule has 1 amide bonds. The Labute approximate surface area is 215 Å². The van der Waals surface area contributed by atoms with Crippen LogP contribution in [0.25, 0.3) is 0 Å². The predicted octanol–water partition coefficient (Wildman–Crippen LogP) is 7.43. The number of hydrazine groups is 1. The van der Waals surface area contributed by atoms with Crippen LogP contribution in [0, 0.1) is 0 Å². The lowest BCUT2D eigenvalue weighted by Crippen LogP contribution is -2.38. The standard InChI is InChI=1S/C28H41ClN2O4/c1-5-6-7-8-12-15-23(35-26-19-16-22(32)20-24(26)28(2,3)4)17-18-25(29)27(33)31(34)30-21-13-10-9-11-14-21/h9-11,13-14,16,19-20,23,25,30,32,34H,5-8,12,15,17-18H2,1-4H3. The van der Waals surface area contributed by atoms with Crippen LogP contribution in [-0.4, -0.2) is 32.9 Å². The maximum Gasteiger partial charge on any atom is 0.284 e. The van der Waals surface area contributed by atoms with Crippen LogP contribution in [0.15, 0.2) is 48.5 Å². The molecule has 0 radical (unpaired) electrons. The van der Waals surface area contributed by atoms with Gasteiger partial charge in [0.1, 0.15) is 16.9 Å². The number of phenolic OH excluding ortho intramolecular Hbond substituents is 1. The summed E-state index contributed by atoms with van der Waals surface area (Å²) in [6, 6.07) is 14.1. The van der Waals surface area contributed by atoms with Gasteiger partial charge in [0.05, 0.1) is 11.8 Å². The lowest BCUT2D eigenvalue weighted by Gasteiger charge is -2.27. The van der Waals surface area contributed by atoms with Gasteiger partial charge in [0.15, 0.2) is 0 Å². The number of carbonyl (C=O) groups excluding carboxylic acids is 1. The number of rotatable bonds is 14. The van der Waals surface area contributed by atoms with E-state index in [9.17, 15) is 15.1 Å². The topological polar surface area (TPSA) is 82.0 Å². The van der Waals surface area contributed by atoms with Gasteiger partial charge in [0, 0.05) is 5.56 Å². The normalized spacial score (nSPS) is 13.2. The minimum Gasteiger partial charge on any atom is -0.508 e. The van der Waals surface area contributed by atoms with Crippen molar-refractivity contribution < 1.29 is 19.8 Å². The molecule has 7 heteroatoms. The first-order valence-electron chi connectivity index (χ1n) is 12.6. The van der Waals surface area contributed by atoms with Crippen molar-refractivity contribution >= 4 is 23.2 Å². The van der Waals surface area contributed by atoms with Crippen molar-refractivity contribution in [2.45, 2.75) is 96.0 Å². The Hall–Kier alpha value is -2.44. The van der Waals surface area contributed by atoms with E-state index >= 15 is 0 Å². The molecule has 2 rings (SSSR count). The van der Waals surface area contributed by atoms with Crippen molar-refractivity contribution in [3.8, 4) is 11.5 Å². The van der Waals surface area contributed by atoms with E-state index < -0.39 is 11.3 Å². The molecule has 2 unspecified atom stereocenters. The molecule has 2 aromatic carbocycles. The number of para-hydroxylation sites is 1. The van der Waals surface area contributed by atoms with E-state index in [1.54, 1.807) is 36.4 Å². The van der Waals surface area contributed by atoms with Crippen LogP contribution in [0.2, 0.25) is 0 Å². The summed E-state index contributed by atoms with van der Waals surface area (Å²) in [5.41, 5.74) is 3.95. The van der Waals surface area contributed by atoms with Gasteiger partial charge in [-0.05, 0) is 61.4 Å². The molecule has 0 fully saturated rings. The van der Waals surface area contributed by atoms with Gasteiger partial charge in [-0.15, -0.1) is 16.8 Å². The van der Waals surface area contributed by atoms with Crippen LogP contribution in [0.3, 0.4) is 0 Å². The number of amides is 1. The van der Waals surface area contributed by atoms with Crippen molar-refractivity contribution in [1.29, 1.82) is 0 Å². The number of unbranched alkanes of at least 4 members (excludes halogenated alkanes) is 4. The maximum absolute atomic E-state index is 12.6. The maximum atomic E-state index is 12.6. The molecule has 2 aromatic rings. The number of nitrogens with one attached hydrogen (secondary N) is 1. The first-order valence-corrected chi connectivity index (χ1v) is 13.0. The Morgan fingerprint density at radius 2 is 1.71 bits per heavy atom. The highest BCUT2D eigenvalue weighted by atomic mass is 35.5. The minimum atomic E-state index is -0.899. The van der Waals surface area contributed by atoms with Gasteiger partial charge in [-0.3, -0.25) is 15.4 Å². The quantitative estimate of drug-likeness (QED) is 0.108. The number of carbonyl (C=O) groups is 1. The third kappa shape index (κ3) is 9.98. The molecule has 194 valence electrons. The molecule has 0 aliphatic rings. The molecule has 3 N–H and O–H groups in total. The highest BCUT2D eigenvalue weighted by Gasteiger charge is 2.25. The molecular weight excluding hydrogens is 464 g/mol. The Kier molecular flexibility index (Phi) is 11.7.